The summed E-state index contributed by atoms with van der Waals surface area (Å²) >= 11 is 0. The molecule has 0 N–H and O–H groups in total. The maximum Gasteiger partial charge on any atom is 0.374 e. The van der Waals surface area contributed by atoms with Crippen LogP contribution in [0, 0.1) is 5.92 Å². The average molecular weight is 200 g/mol. The highest BCUT2D eigenvalue weighted by Gasteiger charge is 2.18. The fourth-order valence-electron chi connectivity index (χ4n) is 1.42. The van der Waals surface area contributed by atoms with E-state index >= 15 is 0 Å². The number of ether oxygens (including phenoxy) is 1. The Labute approximate surface area is 85.8 Å². The number of rotatable bonds is 7. The maximum atomic E-state index is 11.3. The van der Waals surface area contributed by atoms with Crippen LogP contribution in [-0.4, -0.2) is 18.4 Å². The third-order valence-corrected chi connectivity index (χ3v) is 2.25. The van der Waals surface area contributed by atoms with Crippen LogP contribution < -0.4 is 0 Å². The summed E-state index contributed by atoms with van der Waals surface area (Å²) in [7, 11) is 0. The zero-order chi connectivity index (χ0) is 11.0. The van der Waals surface area contributed by atoms with Crippen LogP contribution >= 0.6 is 0 Å². The highest BCUT2D eigenvalue weighted by molar-refractivity contribution is 6.33. The molecular formula is C11H20O3. The van der Waals surface area contributed by atoms with Crippen LogP contribution in [0.5, 0.6) is 0 Å². The van der Waals surface area contributed by atoms with Crippen LogP contribution in [0.15, 0.2) is 0 Å². The fraction of sp³-hybridized carbons (Fsp3) is 0.818. The highest BCUT2D eigenvalue weighted by atomic mass is 16.5. The summed E-state index contributed by atoms with van der Waals surface area (Å²) in [6.45, 7) is 6.10. The number of ketones is 1. The predicted molar refractivity (Wildman–Crippen MR) is 54.9 cm³/mol. The van der Waals surface area contributed by atoms with E-state index in [2.05, 4.69) is 11.7 Å². The molecule has 1 unspecified atom stereocenters. The van der Waals surface area contributed by atoms with Crippen molar-refractivity contribution in [1.82, 2.24) is 0 Å². The van der Waals surface area contributed by atoms with Gasteiger partial charge in [0.15, 0.2) is 0 Å². The molecule has 0 amide bonds. The number of hydrogen-bond donors (Lipinski definition) is 0. The van der Waals surface area contributed by atoms with E-state index in [9.17, 15) is 9.59 Å². The number of esters is 1. The summed E-state index contributed by atoms with van der Waals surface area (Å²) in [6, 6.07) is 0. The molecule has 0 saturated heterocycles. The first-order valence-corrected chi connectivity index (χ1v) is 5.35. The Kier molecular flexibility index (Phi) is 7.07. The molecule has 0 aromatic heterocycles. The molecule has 0 rings (SSSR count). The Balaban J connectivity index is 3.95. The smallest absolute Gasteiger partial charge is 0.374 e. The van der Waals surface area contributed by atoms with E-state index in [1.165, 1.54) is 0 Å². The van der Waals surface area contributed by atoms with Crippen molar-refractivity contribution in [3.05, 3.63) is 0 Å². The van der Waals surface area contributed by atoms with E-state index in [4.69, 9.17) is 0 Å². The Hall–Kier alpha value is -0.860. The van der Waals surface area contributed by atoms with Gasteiger partial charge in [0.2, 0.25) is 5.78 Å². The molecule has 0 spiro atoms. The van der Waals surface area contributed by atoms with Crippen molar-refractivity contribution in [1.29, 1.82) is 0 Å². The highest BCUT2D eigenvalue weighted by Crippen LogP contribution is 2.15. The topological polar surface area (TPSA) is 43.4 Å². The molecule has 3 heteroatoms. The van der Waals surface area contributed by atoms with Crippen LogP contribution in [0.3, 0.4) is 0 Å². The molecule has 0 aromatic carbocycles. The molecule has 0 radical (unpaired) electrons. The summed E-state index contributed by atoms with van der Waals surface area (Å²) in [5, 5.41) is 0. The minimum absolute atomic E-state index is 0.273. The minimum Gasteiger partial charge on any atom is -0.460 e. The van der Waals surface area contributed by atoms with Gasteiger partial charge in [0.25, 0.3) is 0 Å². The van der Waals surface area contributed by atoms with Gasteiger partial charge in [-0.05, 0) is 12.8 Å². The van der Waals surface area contributed by atoms with Gasteiger partial charge in [-0.2, -0.15) is 0 Å². The lowest BCUT2D eigenvalue weighted by molar-refractivity contribution is -0.154. The first-order chi connectivity index (χ1) is 6.65. The third-order valence-electron chi connectivity index (χ3n) is 2.25. The van der Waals surface area contributed by atoms with E-state index in [0.717, 1.165) is 19.3 Å². The van der Waals surface area contributed by atoms with Gasteiger partial charge in [-0.25, -0.2) is 4.79 Å². The Morgan fingerprint density at radius 3 is 2.29 bits per heavy atom. The summed E-state index contributed by atoms with van der Waals surface area (Å²) in [5.74, 6) is -0.730. The van der Waals surface area contributed by atoms with Crippen molar-refractivity contribution in [3.63, 3.8) is 0 Å². The lowest BCUT2D eigenvalue weighted by Gasteiger charge is -2.11. The van der Waals surface area contributed by atoms with Gasteiger partial charge < -0.3 is 4.74 Å². The molecule has 82 valence electrons. The molecule has 0 aliphatic carbocycles. The molecule has 0 aliphatic rings. The van der Waals surface area contributed by atoms with Crippen molar-refractivity contribution < 1.29 is 14.3 Å². The molecular weight excluding hydrogens is 180 g/mol. The van der Waals surface area contributed by atoms with E-state index < -0.39 is 5.97 Å². The summed E-state index contributed by atoms with van der Waals surface area (Å²) in [5.41, 5.74) is 0. The van der Waals surface area contributed by atoms with Crippen LogP contribution in [0.2, 0.25) is 0 Å². The van der Waals surface area contributed by atoms with Gasteiger partial charge in [0.1, 0.15) is 0 Å². The van der Waals surface area contributed by atoms with Gasteiger partial charge >= 0.3 is 5.97 Å². The number of Topliss-reactive ketones (excluding diaryl/α,β-unsaturated/α-hetero) is 1. The summed E-state index contributed by atoms with van der Waals surface area (Å²) in [4.78, 5) is 22.3. The first-order valence-electron chi connectivity index (χ1n) is 5.35. The van der Waals surface area contributed by atoms with Crippen LogP contribution in [0.1, 0.15) is 46.5 Å². The van der Waals surface area contributed by atoms with Crippen molar-refractivity contribution in [2.24, 2.45) is 5.92 Å². The van der Waals surface area contributed by atoms with Gasteiger partial charge in [-0.3, -0.25) is 4.79 Å². The molecule has 0 bridgehead atoms. The second-order valence-electron chi connectivity index (χ2n) is 3.41. The second-order valence-corrected chi connectivity index (χ2v) is 3.41. The molecule has 14 heavy (non-hydrogen) atoms. The summed E-state index contributed by atoms with van der Waals surface area (Å²) < 4.78 is 4.64. The summed E-state index contributed by atoms with van der Waals surface area (Å²) in [6.07, 6.45) is 3.33. The van der Waals surface area contributed by atoms with E-state index in [1.807, 2.05) is 6.92 Å². The largest absolute Gasteiger partial charge is 0.460 e. The van der Waals surface area contributed by atoms with Crippen molar-refractivity contribution in [3.8, 4) is 0 Å². The van der Waals surface area contributed by atoms with Gasteiger partial charge in [0.05, 0.1) is 6.61 Å². The lowest BCUT2D eigenvalue weighted by atomic mass is 9.95. The second kappa shape index (κ2) is 7.54. The van der Waals surface area contributed by atoms with Crippen molar-refractivity contribution in [2.45, 2.75) is 46.5 Å². The Bertz CT molecular complexity index is 187. The van der Waals surface area contributed by atoms with Gasteiger partial charge in [0, 0.05) is 6.42 Å². The normalized spacial score (nSPS) is 12.2. The van der Waals surface area contributed by atoms with E-state index in [-0.39, 0.29) is 12.4 Å². The predicted octanol–water partition coefficient (Wildman–Crippen LogP) is 2.33. The van der Waals surface area contributed by atoms with Crippen LogP contribution in [0.4, 0.5) is 0 Å². The third kappa shape index (κ3) is 5.00. The molecule has 0 saturated carbocycles. The van der Waals surface area contributed by atoms with Crippen LogP contribution in [0.25, 0.3) is 0 Å². The molecule has 0 aliphatic heterocycles. The van der Waals surface area contributed by atoms with Crippen LogP contribution in [-0.2, 0) is 14.3 Å². The minimum atomic E-state index is -0.679. The molecule has 0 heterocycles. The number of carbonyl (C=O) groups excluding carboxylic acids is 2. The zero-order valence-corrected chi connectivity index (χ0v) is 9.34. The number of carbonyl (C=O) groups is 2. The first kappa shape index (κ1) is 13.1. The monoisotopic (exact) mass is 200 g/mol. The van der Waals surface area contributed by atoms with Gasteiger partial charge in [-0.1, -0.05) is 33.1 Å². The lowest BCUT2D eigenvalue weighted by Crippen LogP contribution is -2.20. The van der Waals surface area contributed by atoms with E-state index in [1.54, 1.807) is 6.92 Å². The molecule has 3 nitrogen and oxygen atoms in total. The van der Waals surface area contributed by atoms with Crippen molar-refractivity contribution >= 4 is 11.8 Å². The SMILES string of the molecule is CCCC(CC)CC(=O)C(=O)OCC. The maximum absolute atomic E-state index is 11.3. The Morgan fingerprint density at radius 1 is 1.21 bits per heavy atom. The molecule has 0 fully saturated rings. The van der Waals surface area contributed by atoms with E-state index in [0.29, 0.717) is 12.3 Å². The van der Waals surface area contributed by atoms with Crippen molar-refractivity contribution in [2.75, 3.05) is 6.61 Å². The molecule has 0 aromatic rings. The quantitative estimate of drug-likeness (QED) is 0.468. The van der Waals surface area contributed by atoms with Gasteiger partial charge in [-0.15, -0.1) is 0 Å². The average Bonchev–Trinajstić information content (AvgIpc) is 2.17. The zero-order valence-electron chi connectivity index (χ0n) is 9.34. The fourth-order valence-corrected chi connectivity index (χ4v) is 1.42. The standard InChI is InChI=1S/C11H20O3/c1-4-7-9(5-2)8-10(12)11(13)14-6-3/h9H,4-8H2,1-3H3. The Morgan fingerprint density at radius 2 is 1.86 bits per heavy atom. The number of hydrogen-bond acceptors (Lipinski definition) is 3. The molecule has 1 atom stereocenters.